The molecule has 0 radical (unpaired) electrons. The fourth-order valence-electron chi connectivity index (χ4n) is 3.11. The first-order chi connectivity index (χ1) is 13.7. The van der Waals surface area contributed by atoms with E-state index in [4.69, 9.17) is 14.0 Å². The summed E-state index contributed by atoms with van der Waals surface area (Å²) in [5, 5.41) is 16.0. The first-order valence-electron chi connectivity index (χ1n) is 9.21. The lowest BCUT2D eigenvalue weighted by molar-refractivity contribution is -0.0405. The van der Waals surface area contributed by atoms with Crippen LogP contribution >= 0.6 is 0 Å². The molecule has 148 valence electrons. The summed E-state index contributed by atoms with van der Waals surface area (Å²) >= 11 is 0. The van der Waals surface area contributed by atoms with Gasteiger partial charge in [0.15, 0.2) is 11.6 Å². The third-order valence-electron chi connectivity index (χ3n) is 4.64. The summed E-state index contributed by atoms with van der Waals surface area (Å²) < 4.78 is 18.1. The third kappa shape index (κ3) is 4.24. The molecule has 0 bridgehead atoms. The van der Waals surface area contributed by atoms with Gasteiger partial charge in [0.05, 0.1) is 26.3 Å². The average Bonchev–Trinajstić information content (AvgIpc) is 3.37. The van der Waals surface area contributed by atoms with Crippen LogP contribution < -0.4 is 0 Å². The Morgan fingerprint density at radius 2 is 2.11 bits per heavy atom. The number of hydrogen-bond donors (Lipinski definition) is 0. The first kappa shape index (κ1) is 18.7. The molecule has 1 aliphatic heterocycles. The smallest absolute Gasteiger partial charge is 0.257 e. The Morgan fingerprint density at radius 3 is 2.93 bits per heavy atom. The van der Waals surface area contributed by atoms with Crippen molar-refractivity contribution in [2.45, 2.75) is 26.1 Å². The van der Waals surface area contributed by atoms with E-state index in [-0.39, 0.29) is 6.10 Å². The predicted molar refractivity (Wildman–Crippen MR) is 98.1 cm³/mol. The number of tetrazole rings is 1. The molecule has 28 heavy (non-hydrogen) atoms. The lowest BCUT2D eigenvalue weighted by Gasteiger charge is -2.31. The maximum atomic E-state index is 5.89. The Hall–Kier alpha value is -2.69. The van der Waals surface area contributed by atoms with Crippen molar-refractivity contribution >= 4 is 0 Å². The van der Waals surface area contributed by atoms with E-state index < -0.39 is 0 Å². The Bertz CT molecular complexity index is 893. The minimum absolute atomic E-state index is 0.205. The minimum atomic E-state index is -0.205. The number of rotatable bonds is 7. The number of aryl methyl sites for hydroxylation is 1. The fraction of sp³-hybridized carbons (Fsp3) is 0.500. The monoisotopic (exact) mass is 385 g/mol. The molecule has 1 saturated heterocycles. The molecule has 10 nitrogen and oxygen atoms in total. The predicted octanol–water partition coefficient (Wildman–Crippen LogP) is 1.25. The molecular formula is C18H23N7O3. The molecule has 2 aromatic heterocycles. The zero-order valence-electron chi connectivity index (χ0n) is 16.0. The Balaban J connectivity index is 1.40. The van der Waals surface area contributed by atoms with Crippen LogP contribution in [0.2, 0.25) is 0 Å². The van der Waals surface area contributed by atoms with E-state index in [2.05, 4.69) is 30.6 Å². The molecule has 0 saturated carbocycles. The summed E-state index contributed by atoms with van der Waals surface area (Å²) in [5.41, 5.74) is 2.11. The molecular weight excluding hydrogens is 362 g/mol. The standard InChI is InChI=1S/C18H23N7O3/c1-13-3-5-14(6-4-13)18-19-16(21-28-18)12-24-7-10-27-15(11-24)17-20-22-23-25(17)8-9-26-2/h3-6,15H,7-12H2,1-2H3/t15-/m1/s1. The maximum Gasteiger partial charge on any atom is 0.257 e. The highest BCUT2D eigenvalue weighted by Crippen LogP contribution is 2.22. The van der Waals surface area contributed by atoms with E-state index in [9.17, 15) is 0 Å². The quantitative estimate of drug-likeness (QED) is 0.594. The highest BCUT2D eigenvalue weighted by atomic mass is 16.5. The third-order valence-corrected chi connectivity index (χ3v) is 4.64. The van der Waals surface area contributed by atoms with E-state index in [0.717, 1.165) is 12.1 Å². The van der Waals surface area contributed by atoms with E-state index in [1.807, 2.05) is 31.2 Å². The summed E-state index contributed by atoms with van der Waals surface area (Å²) in [7, 11) is 1.65. The minimum Gasteiger partial charge on any atom is -0.383 e. The molecule has 1 aromatic carbocycles. The van der Waals surface area contributed by atoms with E-state index in [0.29, 0.717) is 50.4 Å². The van der Waals surface area contributed by atoms with Crippen LogP contribution in [-0.2, 0) is 22.6 Å². The van der Waals surface area contributed by atoms with Gasteiger partial charge in [-0.15, -0.1) is 5.10 Å². The molecule has 0 spiro atoms. The van der Waals surface area contributed by atoms with Gasteiger partial charge in [0, 0.05) is 25.8 Å². The molecule has 0 N–H and O–H groups in total. The molecule has 4 rings (SSSR count). The molecule has 3 aromatic rings. The van der Waals surface area contributed by atoms with Gasteiger partial charge < -0.3 is 14.0 Å². The molecule has 0 aliphatic carbocycles. The Labute approximate surface area is 162 Å². The van der Waals surface area contributed by atoms with Crippen molar-refractivity contribution in [1.82, 2.24) is 35.2 Å². The number of aromatic nitrogens is 6. The zero-order chi connectivity index (χ0) is 19.3. The zero-order valence-corrected chi connectivity index (χ0v) is 16.0. The molecule has 1 aliphatic rings. The number of morpholine rings is 1. The van der Waals surface area contributed by atoms with Crippen molar-refractivity contribution in [3.8, 4) is 11.5 Å². The maximum absolute atomic E-state index is 5.89. The summed E-state index contributed by atoms with van der Waals surface area (Å²) in [4.78, 5) is 6.74. The second-order valence-corrected chi connectivity index (χ2v) is 6.73. The number of methoxy groups -OCH3 is 1. The van der Waals surface area contributed by atoms with E-state index in [1.165, 1.54) is 5.56 Å². The second kappa shape index (κ2) is 8.55. The van der Waals surface area contributed by atoms with Crippen LogP contribution in [0.5, 0.6) is 0 Å². The van der Waals surface area contributed by atoms with Crippen LogP contribution in [0.15, 0.2) is 28.8 Å². The molecule has 10 heteroatoms. The van der Waals surface area contributed by atoms with Gasteiger partial charge in [-0.05, 0) is 29.5 Å². The molecule has 0 amide bonds. The van der Waals surface area contributed by atoms with Gasteiger partial charge in [-0.1, -0.05) is 22.9 Å². The topological polar surface area (TPSA) is 104 Å². The first-order valence-corrected chi connectivity index (χ1v) is 9.21. The van der Waals surface area contributed by atoms with Gasteiger partial charge in [-0.25, -0.2) is 4.68 Å². The number of hydrogen-bond acceptors (Lipinski definition) is 9. The Morgan fingerprint density at radius 1 is 1.25 bits per heavy atom. The lowest BCUT2D eigenvalue weighted by atomic mass is 10.1. The Kier molecular flexibility index (Phi) is 5.70. The summed E-state index contributed by atoms with van der Waals surface area (Å²) in [6.45, 7) is 5.78. The largest absolute Gasteiger partial charge is 0.383 e. The van der Waals surface area contributed by atoms with E-state index >= 15 is 0 Å². The van der Waals surface area contributed by atoms with Crippen molar-refractivity contribution < 1.29 is 14.0 Å². The van der Waals surface area contributed by atoms with Crippen molar-refractivity contribution in [2.24, 2.45) is 0 Å². The van der Waals surface area contributed by atoms with Gasteiger partial charge in [0.25, 0.3) is 5.89 Å². The second-order valence-electron chi connectivity index (χ2n) is 6.73. The summed E-state index contributed by atoms with van der Waals surface area (Å²) in [6, 6.07) is 8.02. The van der Waals surface area contributed by atoms with Gasteiger partial charge in [0.1, 0.15) is 6.10 Å². The average molecular weight is 385 g/mol. The highest BCUT2D eigenvalue weighted by Gasteiger charge is 2.27. The number of benzene rings is 1. The number of nitrogens with zero attached hydrogens (tertiary/aromatic N) is 7. The summed E-state index contributed by atoms with van der Waals surface area (Å²) in [6.07, 6.45) is -0.205. The lowest BCUT2D eigenvalue weighted by Crippen LogP contribution is -2.39. The molecule has 0 unspecified atom stereocenters. The molecule has 1 atom stereocenters. The van der Waals surface area contributed by atoms with Crippen LogP contribution in [0, 0.1) is 6.92 Å². The van der Waals surface area contributed by atoms with Gasteiger partial charge in [-0.3, -0.25) is 4.90 Å². The van der Waals surface area contributed by atoms with Crippen molar-refractivity contribution in [3.63, 3.8) is 0 Å². The van der Waals surface area contributed by atoms with Crippen molar-refractivity contribution in [1.29, 1.82) is 0 Å². The highest BCUT2D eigenvalue weighted by molar-refractivity contribution is 5.53. The van der Waals surface area contributed by atoms with Crippen molar-refractivity contribution in [3.05, 3.63) is 41.5 Å². The molecule has 3 heterocycles. The van der Waals surface area contributed by atoms with Crippen LogP contribution in [0.3, 0.4) is 0 Å². The number of ether oxygens (including phenoxy) is 2. The van der Waals surface area contributed by atoms with Crippen LogP contribution in [-0.4, -0.2) is 68.7 Å². The van der Waals surface area contributed by atoms with Crippen LogP contribution in [0.1, 0.15) is 23.3 Å². The fourth-order valence-corrected chi connectivity index (χ4v) is 3.11. The van der Waals surface area contributed by atoms with Crippen LogP contribution in [0.25, 0.3) is 11.5 Å². The van der Waals surface area contributed by atoms with Gasteiger partial charge in [0.2, 0.25) is 0 Å². The SMILES string of the molecule is COCCn1nnnc1[C@H]1CN(Cc2noc(-c3ccc(C)cc3)n2)CCO1. The molecule has 1 fully saturated rings. The van der Waals surface area contributed by atoms with Crippen molar-refractivity contribution in [2.75, 3.05) is 33.4 Å². The van der Waals surface area contributed by atoms with Gasteiger partial charge >= 0.3 is 0 Å². The normalized spacial score (nSPS) is 17.9. The van der Waals surface area contributed by atoms with Crippen LogP contribution in [0.4, 0.5) is 0 Å². The summed E-state index contributed by atoms with van der Waals surface area (Å²) in [5.74, 6) is 1.88. The van der Waals surface area contributed by atoms with Gasteiger partial charge in [-0.2, -0.15) is 4.98 Å². The van der Waals surface area contributed by atoms with E-state index in [1.54, 1.807) is 11.8 Å².